The highest BCUT2D eigenvalue weighted by molar-refractivity contribution is 7.16. The zero-order valence-electron chi connectivity index (χ0n) is 22.0. The minimum Gasteiger partial charge on any atom is -0.459 e. The van der Waals surface area contributed by atoms with Crippen molar-refractivity contribution in [2.75, 3.05) is 50.4 Å². The van der Waals surface area contributed by atoms with Crippen molar-refractivity contribution in [1.29, 1.82) is 5.26 Å². The molecule has 3 aliphatic rings. The number of thiophene rings is 1. The number of ether oxygens (including phenoxy) is 1. The van der Waals surface area contributed by atoms with Crippen LogP contribution in [0.1, 0.15) is 55.0 Å². The van der Waals surface area contributed by atoms with E-state index in [1.54, 1.807) is 0 Å². The normalized spacial score (nSPS) is 24.4. The molecule has 0 saturated carbocycles. The summed E-state index contributed by atoms with van der Waals surface area (Å²) >= 11 is 1.48. The fraction of sp³-hybridized carbons (Fsp3) is 0.577. The van der Waals surface area contributed by atoms with Gasteiger partial charge in [0, 0.05) is 48.7 Å². The third-order valence-electron chi connectivity index (χ3n) is 8.19. The lowest BCUT2D eigenvalue weighted by Crippen LogP contribution is -2.44. The Kier molecular flexibility index (Phi) is 6.45. The van der Waals surface area contributed by atoms with Crippen molar-refractivity contribution >= 4 is 22.2 Å². The number of nitrogen functional groups attached to an aromatic ring is 1. The Morgan fingerprint density at radius 2 is 2.11 bits per heavy atom. The Balaban J connectivity index is 1.35. The maximum absolute atomic E-state index is 9.75. The number of nitrogens with one attached hydrogen (secondary N) is 1. The summed E-state index contributed by atoms with van der Waals surface area (Å²) in [5.74, 6) is 1.63. The number of hydrogen-bond donors (Lipinski definition) is 2. The molecule has 1 aliphatic carbocycles. The fourth-order valence-electron chi connectivity index (χ4n) is 6.03. The van der Waals surface area contributed by atoms with Gasteiger partial charge in [-0.05, 0) is 53.1 Å². The zero-order chi connectivity index (χ0) is 26.4. The topological polar surface area (TPSA) is 142 Å². The van der Waals surface area contributed by atoms with Gasteiger partial charge in [0.2, 0.25) is 11.7 Å². The highest BCUT2D eigenvalue weighted by atomic mass is 32.1. The first kappa shape index (κ1) is 25.0. The van der Waals surface area contributed by atoms with Crippen LogP contribution < -0.4 is 20.7 Å². The van der Waals surface area contributed by atoms with Gasteiger partial charge in [-0.3, -0.25) is 4.90 Å². The van der Waals surface area contributed by atoms with E-state index >= 15 is 0 Å². The maximum Gasteiger partial charge on any atom is 0.319 e. The highest BCUT2D eigenvalue weighted by Gasteiger charge is 2.45. The number of likely N-dealkylation sites (tertiary alicyclic amines) is 1. The number of anilines is 2. The van der Waals surface area contributed by atoms with Crippen molar-refractivity contribution in [3.8, 4) is 23.6 Å². The first-order chi connectivity index (χ1) is 18.4. The molecule has 38 heavy (non-hydrogen) atoms. The van der Waals surface area contributed by atoms with Gasteiger partial charge in [0.05, 0.1) is 11.0 Å². The second-order valence-corrected chi connectivity index (χ2v) is 11.8. The molecule has 2 fully saturated rings. The van der Waals surface area contributed by atoms with E-state index in [1.807, 2.05) is 13.0 Å². The number of piperazine rings is 1. The van der Waals surface area contributed by atoms with Gasteiger partial charge < -0.3 is 25.2 Å². The van der Waals surface area contributed by atoms with Crippen LogP contribution in [0.2, 0.25) is 0 Å². The Hall–Kier alpha value is -3.27. The lowest BCUT2D eigenvalue weighted by atomic mass is 9.83. The van der Waals surface area contributed by atoms with Crippen LogP contribution in [-0.2, 0) is 11.8 Å². The van der Waals surface area contributed by atoms with Crippen molar-refractivity contribution in [2.45, 2.75) is 57.1 Å². The molecule has 3 aromatic heterocycles. The summed E-state index contributed by atoms with van der Waals surface area (Å²) in [5.41, 5.74) is 7.56. The Morgan fingerprint density at radius 3 is 2.84 bits per heavy atom. The van der Waals surface area contributed by atoms with E-state index in [0.29, 0.717) is 40.0 Å². The molecule has 0 aromatic carbocycles. The number of nitriles is 1. The Labute approximate surface area is 226 Å². The van der Waals surface area contributed by atoms with Gasteiger partial charge in [0.25, 0.3) is 0 Å². The van der Waals surface area contributed by atoms with E-state index in [-0.39, 0.29) is 6.10 Å². The van der Waals surface area contributed by atoms with Crippen LogP contribution >= 0.6 is 11.3 Å². The molecular formula is C26H33N9O2S. The van der Waals surface area contributed by atoms with Gasteiger partial charge in [-0.15, -0.1) is 11.3 Å². The van der Waals surface area contributed by atoms with Crippen LogP contribution in [0.15, 0.2) is 10.6 Å². The van der Waals surface area contributed by atoms with Crippen molar-refractivity contribution in [2.24, 2.45) is 0 Å². The molecule has 0 amide bonds. The van der Waals surface area contributed by atoms with Crippen LogP contribution in [0.4, 0.5) is 10.8 Å². The molecule has 5 heterocycles. The van der Waals surface area contributed by atoms with Crippen molar-refractivity contribution < 1.29 is 9.26 Å². The van der Waals surface area contributed by atoms with Gasteiger partial charge in [-0.1, -0.05) is 5.16 Å². The molecule has 3 aromatic rings. The molecule has 6 rings (SSSR count). The zero-order valence-corrected chi connectivity index (χ0v) is 22.8. The van der Waals surface area contributed by atoms with Gasteiger partial charge in [-0.25, -0.2) is 0 Å². The summed E-state index contributed by atoms with van der Waals surface area (Å²) in [6.45, 7) is 8.65. The van der Waals surface area contributed by atoms with E-state index in [9.17, 15) is 5.26 Å². The average Bonchev–Trinajstić information content (AvgIpc) is 3.70. The summed E-state index contributed by atoms with van der Waals surface area (Å²) in [4.78, 5) is 20.0. The summed E-state index contributed by atoms with van der Waals surface area (Å²) in [5, 5.41) is 18.0. The molecule has 1 unspecified atom stereocenters. The largest absolute Gasteiger partial charge is 0.459 e. The average molecular weight is 536 g/mol. The number of likely N-dealkylation sites (N-methyl/N-ethyl adjacent to an activating group) is 1. The number of fused-ring (bicyclic) bond motifs is 1. The monoisotopic (exact) mass is 535 g/mol. The van der Waals surface area contributed by atoms with Crippen LogP contribution in [0, 0.1) is 11.3 Å². The number of hydrogen-bond acceptors (Lipinski definition) is 12. The first-order valence-corrected chi connectivity index (χ1v) is 14.1. The standard InChI is InChI=1S/C26H33N9O2S/c1-15(18-5-4-10-34(18)3)36-25-30-17(13-20(31-25)35-11-8-29-9-12-35)23-32-24(37-33-23)26(2)7-6-19-21(26)16(14-27)22(28)38-19/h13,15,18,29H,4-12,28H2,1-3H3/t15-,18-,26?/m0/s1. The van der Waals surface area contributed by atoms with E-state index < -0.39 is 5.41 Å². The van der Waals surface area contributed by atoms with Gasteiger partial charge >= 0.3 is 6.01 Å². The summed E-state index contributed by atoms with van der Waals surface area (Å²) in [6.07, 6.45) is 3.80. The SMILES string of the molecule is C[C@H](Oc1nc(-c2noc(C3(C)CCc4sc(N)c(C#N)c43)n2)cc(N2CCNCC2)n1)[C@@H]1CCCN1C. The van der Waals surface area contributed by atoms with Crippen LogP contribution in [0.5, 0.6) is 6.01 Å². The number of rotatable bonds is 6. The van der Waals surface area contributed by atoms with E-state index in [0.717, 1.165) is 74.7 Å². The van der Waals surface area contributed by atoms with Gasteiger partial charge in [0.1, 0.15) is 28.7 Å². The summed E-state index contributed by atoms with van der Waals surface area (Å²) in [6, 6.07) is 4.83. The Morgan fingerprint density at radius 1 is 1.29 bits per heavy atom. The second kappa shape index (κ2) is 9.80. The predicted octanol–water partition coefficient (Wildman–Crippen LogP) is 2.57. The molecule has 0 spiro atoms. The smallest absolute Gasteiger partial charge is 0.319 e. The number of aryl methyl sites for hydroxylation is 1. The predicted molar refractivity (Wildman–Crippen MR) is 144 cm³/mol. The quantitative estimate of drug-likeness (QED) is 0.481. The Bertz CT molecular complexity index is 1380. The molecule has 2 saturated heterocycles. The number of nitrogens with two attached hydrogens (primary N) is 1. The molecular weight excluding hydrogens is 502 g/mol. The molecule has 0 bridgehead atoms. The number of nitrogens with zero attached hydrogens (tertiary/aromatic N) is 7. The third kappa shape index (κ3) is 4.28. The molecule has 0 radical (unpaired) electrons. The fourth-order valence-corrected chi connectivity index (χ4v) is 7.18. The molecule has 11 nitrogen and oxygen atoms in total. The van der Waals surface area contributed by atoms with Crippen molar-refractivity contribution in [3.05, 3.63) is 28.0 Å². The minimum absolute atomic E-state index is 0.0567. The van der Waals surface area contributed by atoms with Gasteiger partial charge in [0.15, 0.2) is 0 Å². The van der Waals surface area contributed by atoms with E-state index in [4.69, 9.17) is 29.9 Å². The maximum atomic E-state index is 9.75. The van der Waals surface area contributed by atoms with Gasteiger partial charge in [-0.2, -0.15) is 20.2 Å². The first-order valence-electron chi connectivity index (χ1n) is 13.3. The molecule has 3 atom stereocenters. The van der Waals surface area contributed by atoms with E-state index in [1.165, 1.54) is 11.3 Å². The van der Waals surface area contributed by atoms with Crippen molar-refractivity contribution in [3.63, 3.8) is 0 Å². The van der Waals surface area contributed by atoms with Crippen molar-refractivity contribution in [1.82, 2.24) is 30.3 Å². The van der Waals surface area contributed by atoms with Crippen LogP contribution in [0.3, 0.4) is 0 Å². The lowest BCUT2D eigenvalue weighted by Gasteiger charge is -2.29. The second-order valence-electron chi connectivity index (χ2n) is 10.7. The highest BCUT2D eigenvalue weighted by Crippen LogP contribution is 2.50. The molecule has 200 valence electrons. The minimum atomic E-state index is -0.574. The third-order valence-corrected chi connectivity index (χ3v) is 9.27. The summed E-state index contributed by atoms with van der Waals surface area (Å²) in [7, 11) is 2.13. The number of aromatic nitrogens is 4. The summed E-state index contributed by atoms with van der Waals surface area (Å²) < 4.78 is 12.2. The molecule has 12 heteroatoms. The molecule has 3 N–H and O–H groups in total. The van der Waals surface area contributed by atoms with Crippen LogP contribution in [0.25, 0.3) is 11.5 Å². The lowest BCUT2D eigenvalue weighted by molar-refractivity contribution is 0.112. The van der Waals surface area contributed by atoms with Crippen LogP contribution in [-0.4, -0.2) is 76.9 Å². The molecule has 2 aliphatic heterocycles. The van der Waals surface area contributed by atoms with E-state index in [2.05, 4.69) is 40.3 Å².